The quantitative estimate of drug-likeness (QED) is 0.0252. The molecule has 7 atom stereocenters. The van der Waals surface area contributed by atoms with Crippen molar-refractivity contribution < 1.29 is 47.1 Å². The molecule has 7 unspecified atom stereocenters. The van der Waals surface area contributed by atoms with Crippen LogP contribution in [0, 0.1) is 0 Å². The Labute approximate surface area is 407 Å². The SMILES string of the molecule is CN(C)c1cccc2c(S(=O)(=O)NC(N)=NC(O)C(=O)NC(C(=O)NC(N=C(N)N)C(=O)NC(N=C(N)N)C(=O)NC(N=C(N)N)C(=O)NC(N=C(N)N)C(=O)NC(N)C(N)=O)c3ccccc3)cccc12. The summed E-state index contributed by atoms with van der Waals surface area (Å²) in [6, 6.07) is 14.8. The zero-order valence-electron chi connectivity index (χ0n) is 38.0. The van der Waals surface area contributed by atoms with E-state index in [1.54, 1.807) is 43.3 Å². The molecule has 35 heteroatoms. The van der Waals surface area contributed by atoms with Crippen molar-refractivity contribution >= 4 is 97.6 Å². The lowest BCUT2D eigenvalue weighted by atomic mass is 10.1. The molecular weight excluding hydrogens is 973 g/mol. The van der Waals surface area contributed by atoms with E-state index in [2.05, 4.69) is 35.6 Å². The first-order chi connectivity index (χ1) is 33.6. The fourth-order valence-electron chi connectivity index (χ4n) is 5.85. The van der Waals surface area contributed by atoms with E-state index in [1.165, 1.54) is 42.5 Å². The van der Waals surface area contributed by atoms with Gasteiger partial charge in [-0.1, -0.05) is 54.6 Å². The Balaban J connectivity index is 1.89. The van der Waals surface area contributed by atoms with Crippen molar-refractivity contribution in [3.8, 4) is 0 Å². The number of guanidine groups is 5. The van der Waals surface area contributed by atoms with Crippen molar-refractivity contribution in [3.05, 3.63) is 72.3 Å². The predicted molar refractivity (Wildman–Crippen MR) is 260 cm³/mol. The second kappa shape index (κ2) is 25.0. The molecule has 0 bridgehead atoms. The van der Waals surface area contributed by atoms with Gasteiger partial charge in [0.25, 0.3) is 45.5 Å². The fourth-order valence-corrected chi connectivity index (χ4v) is 7.01. The molecule has 34 nitrogen and oxygen atoms in total. The van der Waals surface area contributed by atoms with Crippen molar-refractivity contribution in [1.29, 1.82) is 0 Å². The molecule has 0 saturated carbocycles. The first-order valence-electron chi connectivity index (χ1n) is 20.1. The molecule has 0 fully saturated rings. The van der Waals surface area contributed by atoms with Gasteiger partial charge in [-0.05, 0) is 17.7 Å². The van der Waals surface area contributed by atoms with Gasteiger partial charge in [-0.2, -0.15) is 0 Å². The molecule has 3 rings (SSSR count). The maximum absolute atomic E-state index is 13.9. The summed E-state index contributed by atoms with van der Waals surface area (Å²) in [6.45, 7) is 0. The van der Waals surface area contributed by atoms with Crippen LogP contribution >= 0.6 is 0 Å². The van der Waals surface area contributed by atoms with Gasteiger partial charge in [0.05, 0.1) is 4.90 Å². The van der Waals surface area contributed by atoms with Crippen LogP contribution in [-0.4, -0.2) is 136 Å². The lowest BCUT2D eigenvalue weighted by Gasteiger charge is -2.24. The molecule has 7 amide bonds. The molecule has 0 aliphatic rings. The van der Waals surface area contributed by atoms with Gasteiger partial charge in [0, 0.05) is 30.6 Å². The number of primary amides is 1. The minimum Gasteiger partial charge on any atom is -0.377 e. The number of aliphatic imine (C=N–C) groups is 5. The third-order valence-corrected chi connectivity index (χ3v) is 10.3. The third kappa shape index (κ3) is 16.5. The number of hydrogen-bond donors (Lipinski definition) is 19. The summed E-state index contributed by atoms with van der Waals surface area (Å²) in [7, 11) is -0.948. The summed E-state index contributed by atoms with van der Waals surface area (Å²) >= 11 is 0. The highest BCUT2D eigenvalue weighted by Crippen LogP contribution is 2.30. The molecule has 0 aliphatic carbocycles. The highest BCUT2D eigenvalue weighted by Gasteiger charge is 2.34. The number of nitrogens with zero attached hydrogens (tertiary/aromatic N) is 6. The van der Waals surface area contributed by atoms with Crippen LogP contribution in [0.15, 0.2) is 96.6 Å². The maximum Gasteiger partial charge on any atom is 0.272 e. The van der Waals surface area contributed by atoms with Gasteiger partial charge in [0.1, 0.15) is 6.04 Å². The Bertz CT molecular complexity index is 2790. The maximum atomic E-state index is 13.9. The number of aliphatic hydroxyl groups excluding tert-OH is 1. The molecule has 30 N–H and O–H groups in total. The fraction of sp³-hybridized carbons (Fsp3) is 0.243. The highest BCUT2D eigenvalue weighted by atomic mass is 32.2. The van der Waals surface area contributed by atoms with E-state index in [0.717, 1.165) is 0 Å². The highest BCUT2D eigenvalue weighted by molar-refractivity contribution is 7.90. The van der Waals surface area contributed by atoms with Gasteiger partial charge < -0.3 is 105 Å². The average molecular weight is 1030 g/mol. The zero-order chi connectivity index (χ0) is 54.2. The minimum absolute atomic E-state index is 0.0159. The number of nitrogens with one attached hydrogen (secondary N) is 7. The summed E-state index contributed by atoms with van der Waals surface area (Å²) in [6.07, 6.45) is -13.0. The van der Waals surface area contributed by atoms with Crippen LogP contribution in [0.1, 0.15) is 11.6 Å². The van der Waals surface area contributed by atoms with E-state index in [1.807, 2.05) is 26.0 Å². The average Bonchev–Trinajstić information content (AvgIpc) is 3.28. The lowest BCUT2D eigenvalue weighted by molar-refractivity contribution is -0.136. The monoisotopic (exact) mass is 1030 g/mol. The number of carbonyl (C=O) groups is 7. The number of sulfonamides is 1. The van der Waals surface area contributed by atoms with Crippen LogP contribution in [-0.2, 0) is 43.6 Å². The molecule has 0 spiro atoms. The summed E-state index contributed by atoms with van der Waals surface area (Å²) in [4.78, 5) is 111. The summed E-state index contributed by atoms with van der Waals surface area (Å²) in [5.74, 6) is -13.8. The van der Waals surface area contributed by atoms with Gasteiger partial charge in [-0.15, -0.1) is 0 Å². The number of fused-ring (bicyclic) bond motifs is 1. The molecular formula is C37H54N24O10S. The Hall–Kier alpha value is -9.77. The number of hydrogen-bond acceptors (Lipinski definition) is 17. The smallest absolute Gasteiger partial charge is 0.272 e. The zero-order valence-corrected chi connectivity index (χ0v) is 38.8. The summed E-state index contributed by atoms with van der Waals surface area (Å²) in [5.41, 5.74) is 60.7. The number of rotatable bonds is 22. The summed E-state index contributed by atoms with van der Waals surface area (Å²) in [5, 5.41) is 23.9. The molecule has 3 aromatic carbocycles. The first-order valence-corrected chi connectivity index (χ1v) is 21.6. The van der Waals surface area contributed by atoms with Crippen molar-refractivity contribution in [2.24, 2.45) is 88.0 Å². The predicted octanol–water partition coefficient (Wildman–Crippen LogP) is -10.6. The molecule has 0 aliphatic heterocycles. The molecule has 0 saturated heterocycles. The van der Waals surface area contributed by atoms with Crippen molar-refractivity contribution in [2.75, 3.05) is 19.0 Å². The van der Waals surface area contributed by atoms with E-state index in [9.17, 15) is 47.1 Å². The van der Waals surface area contributed by atoms with E-state index in [0.29, 0.717) is 16.5 Å². The minimum atomic E-state index is -4.49. The third-order valence-electron chi connectivity index (χ3n) is 8.87. The van der Waals surface area contributed by atoms with Crippen molar-refractivity contribution in [1.82, 2.24) is 36.6 Å². The van der Waals surface area contributed by atoms with Crippen LogP contribution < -0.4 is 105 Å². The standard InChI is InChI=1S/C37H54N24O10S/c1-61(2)17-12-6-11-16-15(17)10-7-13-18(16)72(70,71)60-37(48)59-32(69)31(68)49-19(14-8-4-3-5-9-14)26(63)51-23(56-34(42)43)28(65)53-25(58-36(46)47)30(67)54-24(57-35(44)45)29(66)52-22(55-33(40)41)27(64)50-20(38)21(39)62/h3-13,19-20,22-25,32,69H,38H2,1-2H3,(H2,39,62)(H,49,68)(H,50,64)(H,51,63)(H,52,66)(H,53,65)(H,54,67)(H4,40,41,55)(H4,42,43,56)(H4,44,45,57)(H4,46,47,58)(H3,48,59,60). The van der Waals surface area contributed by atoms with E-state index in [-0.39, 0.29) is 10.5 Å². The van der Waals surface area contributed by atoms with Crippen LogP contribution in [0.25, 0.3) is 10.8 Å². The van der Waals surface area contributed by atoms with Crippen molar-refractivity contribution in [3.63, 3.8) is 0 Å². The van der Waals surface area contributed by atoms with Gasteiger partial charge in [0.2, 0.25) is 42.8 Å². The Morgan fingerprint density at radius 1 is 0.514 bits per heavy atom. The van der Waals surface area contributed by atoms with Gasteiger partial charge in [0.15, 0.2) is 30.0 Å². The number of aliphatic hydroxyl groups is 1. The van der Waals surface area contributed by atoms with Crippen LogP contribution in [0.3, 0.4) is 0 Å². The Kier molecular flexibility index (Phi) is 19.6. The second-order valence-corrected chi connectivity index (χ2v) is 16.3. The normalized spacial score (nSPS) is 14.0. The molecule has 388 valence electrons. The molecule has 72 heavy (non-hydrogen) atoms. The first kappa shape index (κ1) is 56.6. The molecule has 3 aromatic rings. The molecule has 0 radical (unpaired) electrons. The van der Waals surface area contributed by atoms with Crippen molar-refractivity contribution in [2.45, 2.75) is 48.0 Å². The van der Waals surface area contributed by atoms with Gasteiger partial charge >= 0.3 is 0 Å². The largest absolute Gasteiger partial charge is 0.377 e. The lowest BCUT2D eigenvalue weighted by Crippen LogP contribution is -2.60. The number of carbonyl (C=O) groups excluding carboxylic acids is 7. The van der Waals surface area contributed by atoms with E-state index in [4.69, 9.17) is 63.1 Å². The van der Waals surface area contributed by atoms with Gasteiger partial charge in [-0.25, -0.2) is 38.1 Å². The number of anilines is 1. The molecule has 0 aromatic heterocycles. The number of benzene rings is 3. The molecule has 0 heterocycles. The van der Waals surface area contributed by atoms with Crippen LogP contribution in [0.2, 0.25) is 0 Å². The second-order valence-electron chi connectivity index (χ2n) is 14.6. The Morgan fingerprint density at radius 3 is 1.36 bits per heavy atom. The number of nitrogens with two attached hydrogens (primary N) is 11. The Morgan fingerprint density at radius 2 is 0.931 bits per heavy atom. The van der Waals surface area contributed by atoms with Crippen LogP contribution in [0.5, 0.6) is 0 Å². The van der Waals surface area contributed by atoms with E-state index < -0.39 is 124 Å². The summed E-state index contributed by atoms with van der Waals surface area (Å²) < 4.78 is 29.0. The topological polar surface area (TPSA) is 609 Å². The van der Waals surface area contributed by atoms with E-state index >= 15 is 0 Å². The van der Waals surface area contributed by atoms with Crippen LogP contribution in [0.4, 0.5) is 5.69 Å². The van der Waals surface area contributed by atoms with Gasteiger partial charge in [-0.3, -0.25) is 33.6 Å². The number of amides is 7.